The first-order valence-corrected chi connectivity index (χ1v) is 9.49. The van der Waals surface area contributed by atoms with Gasteiger partial charge in [0.05, 0.1) is 0 Å². The van der Waals surface area contributed by atoms with E-state index in [2.05, 4.69) is 5.32 Å². The average Bonchev–Trinajstić information content (AvgIpc) is 2.71. The smallest absolute Gasteiger partial charge is 0.312 e. The Balaban J connectivity index is 1.93. The molecule has 0 aromatic heterocycles. The molecule has 0 bridgehead atoms. The number of amides is 4. The molecule has 7 heteroatoms. The summed E-state index contributed by atoms with van der Waals surface area (Å²) in [7, 11) is 3.38. The van der Waals surface area contributed by atoms with E-state index >= 15 is 0 Å². The van der Waals surface area contributed by atoms with Crippen LogP contribution in [0.3, 0.4) is 0 Å². The van der Waals surface area contributed by atoms with Gasteiger partial charge in [-0.15, -0.1) is 0 Å². The van der Waals surface area contributed by atoms with Crippen LogP contribution >= 0.6 is 0 Å². The Morgan fingerprint density at radius 2 is 1.34 bits per heavy atom. The summed E-state index contributed by atoms with van der Waals surface area (Å²) < 4.78 is 0. The number of rotatable bonds is 9. The quantitative estimate of drug-likeness (QED) is 0.680. The van der Waals surface area contributed by atoms with Crippen LogP contribution in [0.25, 0.3) is 0 Å². The largest absolute Gasteiger partial charge is 0.352 e. The van der Waals surface area contributed by atoms with Gasteiger partial charge >= 0.3 is 6.03 Å². The molecule has 0 aliphatic carbocycles. The van der Waals surface area contributed by atoms with Gasteiger partial charge in [-0.25, -0.2) is 4.79 Å². The molecule has 0 spiro atoms. The first-order chi connectivity index (χ1) is 13.9. The number of nitrogens with one attached hydrogen (secondary N) is 1. The van der Waals surface area contributed by atoms with E-state index in [1.165, 1.54) is 4.90 Å². The first-order valence-electron chi connectivity index (χ1n) is 9.49. The molecule has 2 rings (SSSR count). The van der Waals surface area contributed by atoms with E-state index in [0.29, 0.717) is 13.1 Å². The van der Waals surface area contributed by atoms with Crippen molar-refractivity contribution in [2.24, 2.45) is 5.73 Å². The number of carbonyl (C=O) groups is 3. The van der Waals surface area contributed by atoms with Gasteiger partial charge in [-0.05, 0) is 17.5 Å². The molecule has 4 amide bonds. The lowest BCUT2D eigenvalue weighted by molar-refractivity contribution is -0.133. The Morgan fingerprint density at radius 1 is 0.862 bits per heavy atom. The Hall–Kier alpha value is -3.35. The van der Waals surface area contributed by atoms with E-state index in [1.807, 2.05) is 60.7 Å². The summed E-state index contributed by atoms with van der Waals surface area (Å²) in [5.41, 5.74) is 7.23. The van der Waals surface area contributed by atoms with E-state index in [1.54, 1.807) is 19.0 Å². The molecule has 29 heavy (non-hydrogen) atoms. The van der Waals surface area contributed by atoms with Gasteiger partial charge in [0, 0.05) is 33.6 Å². The normalized spacial score (nSPS) is 11.4. The highest BCUT2D eigenvalue weighted by Gasteiger charge is 2.25. The number of hydrogen-bond acceptors (Lipinski definition) is 3. The van der Waals surface area contributed by atoms with Crippen LogP contribution in [0.15, 0.2) is 60.7 Å². The van der Waals surface area contributed by atoms with Gasteiger partial charge in [0.2, 0.25) is 11.8 Å². The lowest BCUT2D eigenvalue weighted by Crippen LogP contribution is -2.49. The molecule has 0 saturated carbocycles. The molecule has 154 valence electrons. The first kappa shape index (κ1) is 21.9. The van der Waals surface area contributed by atoms with Gasteiger partial charge in [0.15, 0.2) is 0 Å². The molecule has 1 atom stereocenters. The van der Waals surface area contributed by atoms with E-state index in [-0.39, 0.29) is 24.7 Å². The molecule has 0 heterocycles. The molecular weight excluding hydrogens is 368 g/mol. The SMILES string of the molecule is CN(Cc1ccccc1)C(=O)CCC(NC(N)=O)C(=O)N(C)Cc1ccccc1. The van der Waals surface area contributed by atoms with Crippen LogP contribution in [0.2, 0.25) is 0 Å². The van der Waals surface area contributed by atoms with Crippen molar-refractivity contribution in [1.29, 1.82) is 0 Å². The Morgan fingerprint density at radius 3 is 1.83 bits per heavy atom. The van der Waals surface area contributed by atoms with Crippen molar-refractivity contribution < 1.29 is 14.4 Å². The summed E-state index contributed by atoms with van der Waals surface area (Å²) in [6, 6.07) is 17.5. The minimum atomic E-state index is -0.852. The van der Waals surface area contributed by atoms with Crippen LogP contribution < -0.4 is 11.1 Å². The lowest BCUT2D eigenvalue weighted by Gasteiger charge is -2.25. The molecule has 0 saturated heterocycles. The van der Waals surface area contributed by atoms with Crippen LogP contribution in [0, 0.1) is 0 Å². The topological polar surface area (TPSA) is 95.7 Å². The number of nitrogens with two attached hydrogens (primary N) is 1. The van der Waals surface area contributed by atoms with Gasteiger partial charge in [-0.1, -0.05) is 60.7 Å². The number of carbonyl (C=O) groups excluding carboxylic acids is 3. The molecule has 0 aliphatic heterocycles. The number of primary amides is 1. The Bertz CT molecular complexity index is 811. The maximum absolute atomic E-state index is 12.8. The number of urea groups is 1. The van der Waals surface area contributed by atoms with E-state index in [9.17, 15) is 14.4 Å². The zero-order valence-electron chi connectivity index (χ0n) is 16.9. The monoisotopic (exact) mass is 396 g/mol. The summed E-state index contributed by atoms with van der Waals surface area (Å²) >= 11 is 0. The summed E-state index contributed by atoms with van der Waals surface area (Å²) in [6.07, 6.45) is 0.304. The fourth-order valence-electron chi connectivity index (χ4n) is 3.03. The van der Waals surface area contributed by atoms with E-state index in [0.717, 1.165) is 11.1 Å². The predicted molar refractivity (Wildman–Crippen MR) is 112 cm³/mol. The van der Waals surface area contributed by atoms with Crippen molar-refractivity contribution in [3.05, 3.63) is 71.8 Å². The third-order valence-electron chi connectivity index (χ3n) is 4.59. The van der Waals surface area contributed by atoms with E-state index < -0.39 is 12.1 Å². The molecule has 3 N–H and O–H groups in total. The minimum Gasteiger partial charge on any atom is -0.352 e. The van der Waals surface area contributed by atoms with Crippen LogP contribution in [0.4, 0.5) is 4.79 Å². The maximum Gasteiger partial charge on any atom is 0.312 e. The van der Waals surface area contributed by atoms with Gasteiger partial charge in [0.25, 0.3) is 0 Å². The Labute approximate surface area is 171 Å². The zero-order chi connectivity index (χ0) is 21.2. The second kappa shape index (κ2) is 10.8. The minimum absolute atomic E-state index is 0.108. The summed E-state index contributed by atoms with van der Waals surface area (Å²) in [6.45, 7) is 0.883. The molecule has 0 radical (unpaired) electrons. The second-order valence-electron chi connectivity index (χ2n) is 7.02. The van der Waals surface area contributed by atoms with E-state index in [4.69, 9.17) is 5.73 Å². The highest BCUT2D eigenvalue weighted by molar-refractivity contribution is 5.87. The summed E-state index contributed by atoms with van der Waals surface area (Å²) in [4.78, 5) is 39.8. The highest BCUT2D eigenvalue weighted by Crippen LogP contribution is 2.10. The molecule has 2 aromatic carbocycles. The zero-order valence-corrected chi connectivity index (χ0v) is 16.9. The van der Waals surface area contributed by atoms with Crippen molar-refractivity contribution in [3.63, 3.8) is 0 Å². The van der Waals surface area contributed by atoms with Gasteiger partial charge in [-0.3, -0.25) is 9.59 Å². The number of nitrogens with zero attached hydrogens (tertiary/aromatic N) is 2. The van der Waals surface area contributed by atoms with Gasteiger partial charge in [-0.2, -0.15) is 0 Å². The van der Waals surface area contributed by atoms with Crippen molar-refractivity contribution in [2.75, 3.05) is 14.1 Å². The van der Waals surface area contributed by atoms with Crippen LogP contribution in [-0.2, 0) is 22.7 Å². The third kappa shape index (κ3) is 7.29. The molecule has 0 fully saturated rings. The molecule has 2 aromatic rings. The van der Waals surface area contributed by atoms with Crippen LogP contribution in [-0.4, -0.2) is 47.8 Å². The standard InChI is InChI=1S/C22H28N4O3/c1-25(15-17-9-5-3-6-10-17)20(27)14-13-19(24-22(23)29)21(28)26(2)16-18-11-7-4-8-12-18/h3-12,19H,13-16H2,1-2H3,(H3,23,24,29). The van der Waals surface area contributed by atoms with Crippen molar-refractivity contribution in [1.82, 2.24) is 15.1 Å². The third-order valence-corrected chi connectivity index (χ3v) is 4.59. The molecule has 1 unspecified atom stereocenters. The van der Waals surface area contributed by atoms with Crippen LogP contribution in [0.5, 0.6) is 0 Å². The lowest BCUT2D eigenvalue weighted by atomic mass is 10.1. The maximum atomic E-state index is 12.8. The van der Waals surface area contributed by atoms with Crippen molar-refractivity contribution in [3.8, 4) is 0 Å². The summed E-state index contributed by atoms with van der Waals surface area (Å²) in [5.74, 6) is -0.394. The molecule has 7 nitrogen and oxygen atoms in total. The highest BCUT2D eigenvalue weighted by atomic mass is 16.2. The number of likely N-dealkylation sites (N-methyl/N-ethyl adjacent to an activating group) is 1. The van der Waals surface area contributed by atoms with Crippen LogP contribution in [0.1, 0.15) is 24.0 Å². The average molecular weight is 396 g/mol. The fraction of sp³-hybridized carbons (Fsp3) is 0.318. The Kier molecular flexibility index (Phi) is 8.21. The van der Waals surface area contributed by atoms with Crippen molar-refractivity contribution in [2.45, 2.75) is 32.0 Å². The number of benzene rings is 2. The molecular formula is C22H28N4O3. The van der Waals surface area contributed by atoms with Gasteiger partial charge < -0.3 is 20.9 Å². The summed E-state index contributed by atoms with van der Waals surface area (Å²) in [5, 5.41) is 2.47. The van der Waals surface area contributed by atoms with Gasteiger partial charge in [0.1, 0.15) is 6.04 Å². The predicted octanol–water partition coefficient (Wildman–Crippen LogP) is 2.12. The number of hydrogen-bond donors (Lipinski definition) is 2. The fourth-order valence-corrected chi connectivity index (χ4v) is 3.03. The van der Waals surface area contributed by atoms with Crippen molar-refractivity contribution >= 4 is 17.8 Å². The second-order valence-corrected chi connectivity index (χ2v) is 7.02. The molecule has 0 aliphatic rings.